The molecule has 0 bridgehead atoms. The first-order valence-electron chi connectivity index (χ1n) is 9.88. The highest BCUT2D eigenvalue weighted by Gasteiger charge is 2.43. The number of thioether (sulfide) groups is 1. The van der Waals surface area contributed by atoms with Crippen LogP contribution in [0.1, 0.15) is 51.5 Å². The first kappa shape index (κ1) is 19.0. The summed E-state index contributed by atoms with van der Waals surface area (Å²) in [5, 5.41) is 13.5. The number of carbonyl (C=O) groups is 1. The van der Waals surface area contributed by atoms with Crippen LogP contribution in [0.3, 0.4) is 0 Å². The summed E-state index contributed by atoms with van der Waals surface area (Å²) in [5.41, 5.74) is -0.177. The van der Waals surface area contributed by atoms with Gasteiger partial charge in [0.15, 0.2) is 5.16 Å². The van der Waals surface area contributed by atoms with Crippen LogP contribution in [0.2, 0.25) is 0 Å². The van der Waals surface area contributed by atoms with E-state index in [0.29, 0.717) is 16.1 Å². The molecule has 1 heterocycles. The number of carbonyl (C=O) groups excluding carboxylic acids is 1. The van der Waals surface area contributed by atoms with Crippen LogP contribution in [0, 0.1) is 17.2 Å². The number of nitriles is 1. The van der Waals surface area contributed by atoms with Crippen molar-refractivity contribution in [3.8, 4) is 6.07 Å². The van der Waals surface area contributed by atoms with Crippen LogP contribution in [0.25, 0.3) is 10.9 Å². The number of rotatable bonds is 6. The fraction of sp³-hybridized carbons (Fsp3) is 0.524. The Morgan fingerprint density at radius 3 is 2.71 bits per heavy atom. The van der Waals surface area contributed by atoms with E-state index in [1.807, 2.05) is 24.3 Å². The summed E-state index contributed by atoms with van der Waals surface area (Å²) in [5.74, 6) is 0.185. The van der Waals surface area contributed by atoms with Crippen LogP contribution in [0.4, 0.5) is 0 Å². The van der Waals surface area contributed by atoms with E-state index in [1.165, 1.54) is 11.8 Å². The number of hydrogen-bond donors (Lipinski definition) is 1. The van der Waals surface area contributed by atoms with Crippen LogP contribution in [0.15, 0.2) is 34.2 Å². The fourth-order valence-electron chi connectivity index (χ4n) is 4.05. The van der Waals surface area contributed by atoms with Gasteiger partial charge in [-0.3, -0.25) is 14.2 Å². The molecule has 28 heavy (non-hydrogen) atoms. The number of benzene rings is 1. The zero-order valence-electron chi connectivity index (χ0n) is 16.0. The summed E-state index contributed by atoms with van der Waals surface area (Å²) in [7, 11) is 0. The SMILES string of the molecule is CC(C#N)(NC(=O)CSc1nc2ccccc2c(=O)n1C1CCCC1)C1CC1. The topological polar surface area (TPSA) is 87.8 Å². The van der Waals surface area contributed by atoms with Crippen molar-refractivity contribution in [2.24, 2.45) is 5.92 Å². The minimum absolute atomic E-state index is 0.0275. The van der Waals surface area contributed by atoms with Gasteiger partial charge in [0.25, 0.3) is 5.56 Å². The Morgan fingerprint density at radius 1 is 1.32 bits per heavy atom. The van der Waals surface area contributed by atoms with Gasteiger partial charge in [-0.1, -0.05) is 36.7 Å². The van der Waals surface area contributed by atoms with Gasteiger partial charge in [0.2, 0.25) is 5.91 Å². The van der Waals surface area contributed by atoms with Crippen molar-refractivity contribution in [3.05, 3.63) is 34.6 Å². The summed E-state index contributed by atoms with van der Waals surface area (Å²) in [6, 6.07) is 9.75. The maximum Gasteiger partial charge on any atom is 0.262 e. The van der Waals surface area contributed by atoms with Crippen molar-refractivity contribution < 1.29 is 4.79 Å². The molecule has 4 rings (SSSR count). The van der Waals surface area contributed by atoms with Crippen LogP contribution in [-0.4, -0.2) is 26.8 Å². The molecular weight excluding hydrogens is 372 g/mol. The Labute approximate surface area is 168 Å². The lowest BCUT2D eigenvalue weighted by Crippen LogP contribution is -2.47. The Morgan fingerprint density at radius 2 is 2.04 bits per heavy atom. The van der Waals surface area contributed by atoms with Crippen LogP contribution in [0.5, 0.6) is 0 Å². The summed E-state index contributed by atoms with van der Waals surface area (Å²) >= 11 is 1.28. The molecule has 1 amide bonds. The van der Waals surface area contributed by atoms with Crippen molar-refractivity contribution in [2.45, 2.75) is 62.2 Å². The minimum atomic E-state index is -0.806. The second-order valence-corrected chi connectivity index (χ2v) is 8.89. The Bertz CT molecular complexity index is 1000. The van der Waals surface area contributed by atoms with Gasteiger partial charge in [-0.25, -0.2) is 4.98 Å². The van der Waals surface area contributed by atoms with Crippen molar-refractivity contribution in [3.63, 3.8) is 0 Å². The van der Waals surface area contributed by atoms with Gasteiger partial charge >= 0.3 is 0 Å². The number of para-hydroxylation sites is 1. The number of hydrogen-bond acceptors (Lipinski definition) is 5. The standard InChI is InChI=1S/C21H24N4O2S/c1-21(13-22,14-10-11-14)24-18(26)12-28-20-23-17-9-5-4-8-16(17)19(27)25(20)15-6-2-3-7-15/h4-5,8-9,14-15H,2-3,6-7,10-12H2,1H3,(H,24,26). The number of amides is 1. The molecule has 7 heteroatoms. The molecule has 2 aliphatic rings. The second-order valence-electron chi connectivity index (χ2n) is 7.95. The van der Waals surface area contributed by atoms with Crippen molar-refractivity contribution in [2.75, 3.05) is 5.75 Å². The van der Waals surface area contributed by atoms with E-state index >= 15 is 0 Å². The number of aromatic nitrogens is 2. The van der Waals surface area contributed by atoms with Gasteiger partial charge in [0.1, 0.15) is 5.54 Å². The summed E-state index contributed by atoms with van der Waals surface area (Å²) in [4.78, 5) is 30.3. The van der Waals surface area contributed by atoms with E-state index in [2.05, 4.69) is 11.4 Å². The molecule has 1 N–H and O–H groups in total. The molecule has 0 aliphatic heterocycles. The Hall–Kier alpha value is -2.33. The molecule has 0 spiro atoms. The molecule has 2 saturated carbocycles. The quantitative estimate of drug-likeness (QED) is 0.597. The van der Waals surface area contributed by atoms with Crippen LogP contribution < -0.4 is 10.9 Å². The highest BCUT2D eigenvalue weighted by molar-refractivity contribution is 7.99. The molecule has 0 radical (unpaired) electrons. The van der Waals surface area contributed by atoms with Crippen molar-refractivity contribution in [1.82, 2.24) is 14.9 Å². The third-order valence-electron chi connectivity index (χ3n) is 5.82. The lowest BCUT2D eigenvalue weighted by Gasteiger charge is -2.23. The molecule has 1 atom stereocenters. The lowest BCUT2D eigenvalue weighted by molar-refractivity contribution is -0.119. The normalized spacial score (nSPS) is 19.3. The third-order valence-corrected chi connectivity index (χ3v) is 6.78. The summed E-state index contributed by atoms with van der Waals surface area (Å²) in [6.07, 6.45) is 6.10. The van der Waals surface area contributed by atoms with Gasteiger partial charge in [-0.15, -0.1) is 0 Å². The van der Waals surface area contributed by atoms with Gasteiger partial charge in [0, 0.05) is 6.04 Å². The summed E-state index contributed by atoms with van der Waals surface area (Å²) in [6.45, 7) is 1.79. The van der Waals surface area contributed by atoms with Crippen LogP contribution >= 0.6 is 11.8 Å². The highest BCUT2D eigenvalue weighted by Crippen LogP contribution is 2.39. The molecule has 0 saturated heterocycles. The number of nitrogens with one attached hydrogen (secondary N) is 1. The predicted octanol–water partition coefficient (Wildman–Crippen LogP) is 3.41. The van der Waals surface area contributed by atoms with Crippen molar-refractivity contribution >= 4 is 28.6 Å². The van der Waals surface area contributed by atoms with E-state index in [-0.39, 0.29) is 29.2 Å². The Kier molecular flexibility index (Phi) is 5.15. The van der Waals surface area contributed by atoms with E-state index in [0.717, 1.165) is 38.5 Å². The summed E-state index contributed by atoms with van der Waals surface area (Å²) < 4.78 is 1.79. The zero-order chi connectivity index (χ0) is 19.7. The number of fused-ring (bicyclic) bond motifs is 1. The molecule has 2 fully saturated rings. The van der Waals surface area contributed by atoms with Gasteiger partial charge in [0.05, 0.1) is 22.7 Å². The van der Waals surface area contributed by atoms with Crippen LogP contribution in [-0.2, 0) is 4.79 Å². The lowest BCUT2D eigenvalue weighted by atomic mass is 9.98. The first-order valence-corrected chi connectivity index (χ1v) is 10.9. The van der Waals surface area contributed by atoms with E-state index < -0.39 is 5.54 Å². The van der Waals surface area contributed by atoms with E-state index in [9.17, 15) is 14.9 Å². The first-order chi connectivity index (χ1) is 13.5. The monoisotopic (exact) mass is 396 g/mol. The molecule has 6 nitrogen and oxygen atoms in total. The van der Waals surface area contributed by atoms with E-state index in [4.69, 9.17) is 4.98 Å². The Balaban J connectivity index is 1.59. The molecule has 2 aromatic rings. The van der Waals surface area contributed by atoms with E-state index in [1.54, 1.807) is 11.5 Å². The smallest absolute Gasteiger partial charge is 0.262 e. The maximum atomic E-state index is 13.1. The van der Waals surface area contributed by atoms with Gasteiger partial charge in [-0.2, -0.15) is 5.26 Å². The largest absolute Gasteiger partial charge is 0.337 e. The molecular formula is C21H24N4O2S. The minimum Gasteiger partial charge on any atom is -0.337 e. The molecule has 1 aromatic carbocycles. The highest BCUT2D eigenvalue weighted by atomic mass is 32.2. The zero-order valence-corrected chi connectivity index (χ0v) is 16.8. The molecule has 2 aliphatic carbocycles. The molecule has 1 aromatic heterocycles. The average Bonchev–Trinajstić information content (AvgIpc) is 3.43. The molecule has 1 unspecified atom stereocenters. The average molecular weight is 397 g/mol. The fourth-order valence-corrected chi connectivity index (χ4v) is 4.92. The number of nitrogens with zero attached hydrogens (tertiary/aromatic N) is 3. The third kappa shape index (κ3) is 3.66. The molecule has 146 valence electrons. The van der Waals surface area contributed by atoms with Gasteiger partial charge < -0.3 is 5.32 Å². The van der Waals surface area contributed by atoms with Crippen molar-refractivity contribution in [1.29, 1.82) is 5.26 Å². The van der Waals surface area contributed by atoms with Gasteiger partial charge in [-0.05, 0) is 50.7 Å². The second kappa shape index (κ2) is 7.59. The predicted molar refractivity (Wildman–Crippen MR) is 109 cm³/mol. The maximum absolute atomic E-state index is 13.1.